The molecule has 5 nitrogen and oxygen atoms in total. The van der Waals surface area contributed by atoms with Crippen LogP contribution in [0.5, 0.6) is 0 Å². The second-order valence-corrected chi connectivity index (χ2v) is 9.66. The summed E-state index contributed by atoms with van der Waals surface area (Å²) in [7, 11) is 0. The van der Waals surface area contributed by atoms with E-state index < -0.39 is 0 Å². The van der Waals surface area contributed by atoms with E-state index in [1.165, 1.54) is 14.7 Å². The van der Waals surface area contributed by atoms with Gasteiger partial charge in [-0.15, -0.1) is 0 Å². The maximum absolute atomic E-state index is 5.14. The zero-order valence-corrected chi connectivity index (χ0v) is 21.0. The van der Waals surface area contributed by atoms with E-state index in [-0.39, 0.29) is 0 Å². The number of hydrogen-bond donors (Lipinski definition) is 1. The van der Waals surface area contributed by atoms with Gasteiger partial charge in [-0.25, -0.2) is 14.9 Å². The lowest BCUT2D eigenvalue weighted by Gasteiger charge is -2.23. The summed E-state index contributed by atoms with van der Waals surface area (Å²) in [5.74, 6) is 1.52. The van der Waals surface area contributed by atoms with Gasteiger partial charge < -0.3 is 4.98 Å². The quantitative estimate of drug-likeness (QED) is 0.228. The third kappa shape index (κ3) is 3.54. The van der Waals surface area contributed by atoms with Gasteiger partial charge in [-0.1, -0.05) is 42.5 Å². The van der Waals surface area contributed by atoms with Crippen LogP contribution >= 0.6 is 22.6 Å². The van der Waals surface area contributed by atoms with Crippen molar-refractivity contribution in [2.45, 2.75) is 13.8 Å². The predicted molar refractivity (Wildman–Crippen MR) is 148 cm³/mol. The number of halogens is 1. The van der Waals surface area contributed by atoms with Gasteiger partial charge >= 0.3 is 0 Å². The highest BCUT2D eigenvalue weighted by Gasteiger charge is 2.25. The zero-order valence-electron chi connectivity index (χ0n) is 18.8. The lowest BCUT2D eigenvalue weighted by molar-refractivity contribution is 0.998. The highest BCUT2D eigenvalue weighted by atomic mass is 127. The summed E-state index contributed by atoms with van der Waals surface area (Å²) in [6, 6.07) is 31.3. The lowest BCUT2D eigenvalue weighted by atomic mass is 10.2. The van der Waals surface area contributed by atoms with Crippen molar-refractivity contribution >= 4 is 62.2 Å². The monoisotopic (exact) mass is 555 g/mol. The van der Waals surface area contributed by atoms with Crippen molar-refractivity contribution < 1.29 is 0 Å². The van der Waals surface area contributed by atoms with Crippen molar-refractivity contribution in [2.75, 3.05) is 4.90 Å². The van der Waals surface area contributed by atoms with E-state index in [4.69, 9.17) is 9.97 Å². The van der Waals surface area contributed by atoms with Crippen molar-refractivity contribution in [2.24, 2.45) is 0 Å². The molecule has 34 heavy (non-hydrogen) atoms. The van der Waals surface area contributed by atoms with E-state index in [1.54, 1.807) is 0 Å². The number of hydrogen-bond acceptors (Lipinski definition) is 3. The molecule has 1 N–H and O–H groups in total. The average Bonchev–Trinajstić information content (AvgIpc) is 3.42. The number of benzene rings is 4. The maximum atomic E-state index is 5.14. The number of fused-ring (bicyclic) bond motifs is 2. The minimum atomic E-state index is 0.728. The van der Waals surface area contributed by atoms with Crippen molar-refractivity contribution in [3.05, 3.63) is 106 Å². The Balaban J connectivity index is 1.70. The van der Waals surface area contributed by atoms with Crippen LogP contribution in [0.2, 0.25) is 0 Å². The molecule has 4 aromatic carbocycles. The van der Waals surface area contributed by atoms with Gasteiger partial charge in [0.25, 0.3) is 0 Å². The Morgan fingerprint density at radius 3 is 2.41 bits per heavy atom. The number of imidazole rings is 2. The fourth-order valence-electron chi connectivity index (χ4n) is 4.37. The molecule has 0 fully saturated rings. The fourth-order valence-corrected chi connectivity index (χ4v) is 4.84. The van der Waals surface area contributed by atoms with Crippen LogP contribution in [0.4, 0.5) is 17.6 Å². The van der Waals surface area contributed by atoms with Crippen LogP contribution in [-0.4, -0.2) is 19.5 Å². The normalized spacial score (nSPS) is 11.4. The molecule has 166 valence electrons. The van der Waals surface area contributed by atoms with Crippen molar-refractivity contribution in [1.82, 2.24) is 19.5 Å². The number of nitrogens with zero attached hydrogens (tertiary/aromatic N) is 4. The van der Waals surface area contributed by atoms with E-state index in [2.05, 4.69) is 112 Å². The molecule has 6 heteroatoms. The summed E-state index contributed by atoms with van der Waals surface area (Å²) in [5.41, 5.74) is 8.35. The highest BCUT2D eigenvalue weighted by molar-refractivity contribution is 14.1. The van der Waals surface area contributed by atoms with Crippen LogP contribution in [0, 0.1) is 17.4 Å². The Morgan fingerprint density at radius 1 is 0.794 bits per heavy atom. The minimum absolute atomic E-state index is 0.728. The standard InChI is InChI=1S/C28H22IN5/c1-18-8-7-9-21(16-18)33(27-30-22-10-3-4-11-23(22)31-27)28-32-24-12-5-6-13-25(24)34(28)26-17-20(29)15-14-19(26)2/h3-17H,1-2H3,(H,30,31). The Hall–Kier alpha value is -3.65. The van der Waals surface area contributed by atoms with Gasteiger partial charge in [-0.3, -0.25) is 4.57 Å². The van der Waals surface area contributed by atoms with Gasteiger partial charge in [-0.05, 0) is 96.1 Å². The Labute approximate surface area is 211 Å². The van der Waals surface area contributed by atoms with Crippen LogP contribution in [-0.2, 0) is 0 Å². The van der Waals surface area contributed by atoms with Crippen LogP contribution in [0.3, 0.4) is 0 Å². The Morgan fingerprint density at radius 2 is 1.59 bits per heavy atom. The molecular formula is C28H22IN5. The molecule has 0 atom stereocenters. The van der Waals surface area contributed by atoms with E-state index in [0.717, 1.165) is 45.3 Å². The van der Waals surface area contributed by atoms with Crippen LogP contribution in [0.15, 0.2) is 91.0 Å². The number of rotatable bonds is 4. The molecule has 0 aliphatic carbocycles. The summed E-state index contributed by atoms with van der Waals surface area (Å²) < 4.78 is 3.41. The van der Waals surface area contributed by atoms with E-state index in [1.807, 2.05) is 30.3 Å². The fraction of sp³-hybridized carbons (Fsp3) is 0.0714. The molecule has 0 spiro atoms. The van der Waals surface area contributed by atoms with E-state index in [0.29, 0.717) is 0 Å². The number of para-hydroxylation sites is 4. The number of aryl methyl sites for hydroxylation is 2. The number of anilines is 3. The number of aromatic nitrogens is 4. The van der Waals surface area contributed by atoms with Gasteiger partial charge in [0.1, 0.15) is 0 Å². The first-order chi connectivity index (χ1) is 16.6. The minimum Gasteiger partial charge on any atom is -0.323 e. The van der Waals surface area contributed by atoms with E-state index >= 15 is 0 Å². The zero-order chi connectivity index (χ0) is 23.2. The average molecular weight is 555 g/mol. The number of H-pyrrole nitrogens is 1. The maximum Gasteiger partial charge on any atom is 0.222 e. The van der Waals surface area contributed by atoms with E-state index in [9.17, 15) is 0 Å². The molecular weight excluding hydrogens is 533 g/mol. The molecule has 2 heterocycles. The molecule has 0 unspecified atom stereocenters. The predicted octanol–water partition coefficient (Wildman–Crippen LogP) is 7.59. The molecule has 0 aliphatic heterocycles. The van der Waals surface area contributed by atoms with Gasteiger partial charge in [0.15, 0.2) is 0 Å². The van der Waals surface area contributed by atoms with Crippen molar-refractivity contribution in [3.63, 3.8) is 0 Å². The van der Waals surface area contributed by atoms with Gasteiger partial charge in [0, 0.05) is 3.57 Å². The Kier molecular flexibility index (Phi) is 5.10. The molecule has 0 saturated heterocycles. The van der Waals surface area contributed by atoms with Crippen molar-refractivity contribution in [1.29, 1.82) is 0 Å². The van der Waals surface area contributed by atoms with Gasteiger partial charge in [0.05, 0.1) is 33.4 Å². The van der Waals surface area contributed by atoms with Crippen LogP contribution < -0.4 is 4.90 Å². The molecule has 0 bridgehead atoms. The molecule has 0 radical (unpaired) electrons. The van der Waals surface area contributed by atoms with Gasteiger partial charge in [-0.2, -0.15) is 0 Å². The first-order valence-corrected chi connectivity index (χ1v) is 12.2. The summed E-state index contributed by atoms with van der Waals surface area (Å²) in [6.07, 6.45) is 0. The Bertz CT molecular complexity index is 1630. The second kappa shape index (κ2) is 8.29. The second-order valence-electron chi connectivity index (χ2n) is 8.42. The lowest BCUT2D eigenvalue weighted by Crippen LogP contribution is -2.17. The molecule has 0 amide bonds. The molecule has 6 rings (SSSR count). The highest BCUT2D eigenvalue weighted by Crippen LogP contribution is 2.38. The van der Waals surface area contributed by atoms with Crippen molar-refractivity contribution in [3.8, 4) is 5.69 Å². The summed E-state index contributed by atoms with van der Waals surface area (Å²) in [6.45, 7) is 4.25. The first-order valence-electron chi connectivity index (χ1n) is 11.1. The summed E-state index contributed by atoms with van der Waals surface area (Å²) in [4.78, 5) is 15.7. The molecule has 2 aromatic heterocycles. The largest absolute Gasteiger partial charge is 0.323 e. The number of aromatic amines is 1. The topological polar surface area (TPSA) is 49.7 Å². The molecule has 6 aromatic rings. The third-order valence-electron chi connectivity index (χ3n) is 6.00. The smallest absolute Gasteiger partial charge is 0.222 e. The SMILES string of the molecule is Cc1cccc(N(c2nc3ccccc3[nH]2)c2nc3ccccc3n2-c2cc(I)ccc2C)c1. The van der Waals surface area contributed by atoms with Crippen LogP contribution in [0.25, 0.3) is 27.8 Å². The third-order valence-corrected chi connectivity index (χ3v) is 6.67. The molecule has 0 saturated carbocycles. The first kappa shape index (κ1) is 20.9. The summed E-state index contributed by atoms with van der Waals surface area (Å²) in [5, 5.41) is 0. The molecule has 0 aliphatic rings. The van der Waals surface area contributed by atoms with Crippen LogP contribution in [0.1, 0.15) is 11.1 Å². The summed E-state index contributed by atoms with van der Waals surface area (Å²) >= 11 is 2.37. The van der Waals surface area contributed by atoms with Gasteiger partial charge in [0.2, 0.25) is 11.9 Å². The number of nitrogens with one attached hydrogen (secondary N) is 1.